The summed E-state index contributed by atoms with van der Waals surface area (Å²) in [6.45, 7) is 1.10. The molecule has 1 aliphatic heterocycles. The van der Waals surface area contributed by atoms with Crippen LogP contribution in [0.4, 0.5) is 10.5 Å². The van der Waals surface area contributed by atoms with Gasteiger partial charge >= 0.3 is 6.03 Å². The molecule has 1 aromatic rings. The van der Waals surface area contributed by atoms with Crippen LogP contribution in [-0.4, -0.2) is 48.4 Å². The Morgan fingerprint density at radius 1 is 1.63 bits per heavy atom. The van der Waals surface area contributed by atoms with Gasteiger partial charge in [-0.25, -0.2) is 4.79 Å². The van der Waals surface area contributed by atoms with Gasteiger partial charge in [0.25, 0.3) is 0 Å². The molecule has 1 aromatic carbocycles. The van der Waals surface area contributed by atoms with Crippen LogP contribution in [0.2, 0.25) is 0 Å². The fourth-order valence-electron chi connectivity index (χ4n) is 1.94. The van der Waals surface area contributed by atoms with E-state index in [1.165, 1.54) is 0 Å². The lowest BCUT2D eigenvalue weighted by molar-refractivity contribution is -0.00485. The third-order valence-corrected chi connectivity index (χ3v) is 2.94. The van der Waals surface area contributed by atoms with Gasteiger partial charge in [0.2, 0.25) is 0 Å². The molecule has 0 bridgehead atoms. The minimum atomic E-state index is -0.326. The van der Waals surface area contributed by atoms with E-state index in [9.17, 15) is 9.90 Å². The minimum absolute atomic E-state index is 0.133. The van der Waals surface area contributed by atoms with Gasteiger partial charge in [-0.15, -0.1) is 0 Å². The topological polar surface area (TPSA) is 85.6 Å². The Bertz CT molecular complexity index is 498. The number of hydrogen-bond donors (Lipinski definition) is 2. The second kappa shape index (κ2) is 6.18. The van der Waals surface area contributed by atoms with Crippen molar-refractivity contribution in [1.29, 1.82) is 5.26 Å². The third-order valence-electron chi connectivity index (χ3n) is 2.94. The van der Waals surface area contributed by atoms with Crippen LogP contribution in [-0.2, 0) is 4.74 Å². The van der Waals surface area contributed by atoms with Crippen LogP contribution < -0.4 is 5.32 Å². The van der Waals surface area contributed by atoms with Gasteiger partial charge in [0.15, 0.2) is 0 Å². The van der Waals surface area contributed by atoms with Crippen molar-refractivity contribution in [3.63, 3.8) is 0 Å². The molecule has 2 N–H and O–H groups in total. The maximum atomic E-state index is 12.1. The molecule has 1 unspecified atom stereocenters. The summed E-state index contributed by atoms with van der Waals surface area (Å²) in [5.41, 5.74) is 1.05. The first-order valence-electron chi connectivity index (χ1n) is 6.01. The number of ether oxygens (including phenoxy) is 1. The number of anilines is 1. The highest BCUT2D eigenvalue weighted by molar-refractivity contribution is 5.89. The third kappa shape index (κ3) is 3.22. The number of nitrogens with one attached hydrogen (secondary N) is 1. The smallest absolute Gasteiger partial charge is 0.322 e. The summed E-state index contributed by atoms with van der Waals surface area (Å²) in [6, 6.07) is 8.09. The van der Waals surface area contributed by atoms with Crippen molar-refractivity contribution in [2.45, 2.75) is 6.04 Å². The van der Waals surface area contributed by atoms with E-state index in [0.29, 0.717) is 31.0 Å². The van der Waals surface area contributed by atoms with Crippen molar-refractivity contribution in [3.05, 3.63) is 29.8 Å². The van der Waals surface area contributed by atoms with Crippen molar-refractivity contribution in [2.75, 3.05) is 31.7 Å². The summed E-state index contributed by atoms with van der Waals surface area (Å²) in [6.07, 6.45) is 0. The number of amides is 2. The lowest BCUT2D eigenvalue weighted by Crippen LogP contribution is -2.52. The van der Waals surface area contributed by atoms with Gasteiger partial charge in [0.1, 0.15) is 0 Å². The number of hydrogen-bond acceptors (Lipinski definition) is 4. The summed E-state index contributed by atoms with van der Waals surface area (Å²) in [7, 11) is 0. The number of urea groups is 1. The lowest BCUT2D eigenvalue weighted by Gasteiger charge is -2.34. The Morgan fingerprint density at radius 3 is 3.21 bits per heavy atom. The van der Waals surface area contributed by atoms with E-state index in [0.717, 1.165) is 0 Å². The molecule has 0 radical (unpaired) electrons. The molecule has 1 atom stereocenters. The summed E-state index contributed by atoms with van der Waals surface area (Å²) < 4.78 is 5.22. The van der Waals surface area contributed by atoms with Crippen LogP contribution in [0.1, 0.15) is 5.56 Å². The SMILES string of the molecule is N#Cc1cccc(NC(=O)N2CCOCC2CO)c1. The maximum Gasteiger partial charge on any atom is 0.322 e. The predicted octanol–water partition coefficient (Wildman–Crippen LogP) is 0.783. The minimum Gasteiger partial charge on any atom is -0.394 e. The normalized spacial score (nSPS) is 18.7. The molecule has 1 saturated heterocycles. The average molecular weight is 261 g/mol. The summed E-state index contributed by atoms with van der Waals surface area (Å²) >= 11 is 0. The zero-order valence-corrected chi connectivity index (χ0v) is 10.4. The number of nitrogens with zero attached hydrogens (tertiary/aromatic N) is 2. The van der Waals surface area contributed by atoms with Crippen LogP contribution >= 0.6 is 0 Å². The first-order valence-corrected chi connectivity index (χ1v) is 6.01. The van der Waals surface area contributed by atoms with Crippen molar-refractivity contribution in [1.82, 2.24) is 4.90 Å². The van der Waals surface area contributed by atoms with E-state index >= 15 is 0 Å². The highest BCUT2D eigenvalue weighted by Crippen LogP contribution is 2.13. The number of rotatable bonds is 2. The van der Waals surface area contributed by atoms with E-state index in [1.54, 1.807) is 29.2 Å². The summed E-state index contributed by atoms with van der Waals surface area (Å²) in [4.78, 5) is 13.6. The van der Waals surface area contributed by atoms with Gasteiger partial charge in [0.05, 0.1) is 37.5 Å². The molecule has 0 spiro atoms. The fourth-order valence-corrected chi connectivity index (χ4v) is 1.94. The molecule has 0 aliphatic carbocycles. The zero-order chi connectivity index (χ0) is 13.7. The van der Waals surface area contributed by atoms with E-state index in [4.69, 9.17) is 10.00 Å². The molecule has 1 heterocycles. The van der Waals surface area contributed by atoms with Crippen LogP contribution in [0, 0.1) is 11.3 Å². The molecule has 2 amide bonds. The number of carbonyl (C=O) groups excluding carboxylic acids is 1. The number of benzene rings is 1. The van der Waals surface area contributed by atoms with E-state index < -0.39 is 0 Å². The van der Waals surface area contributed by atoms with Gasteiger partial charge in [0, 0.05) is 12.2 Å². The molecule has 1 fully saturated rings. The van der Waals surface area contributed by atoms with Gasteiger partial charge in [-0.3, -0.25) is 0 Å². The van der Waals surface area contributed by atoms with Crippen LogP contribution in [0.15, 0.2) is 24.3 Å². The summed E-state index contributed by atoms with van der Waals surface area (Å²) in [5, 5.41) is 20.7. The van der Waals surface area contributed by atoms with Crippen molar-refractivity contribution >= 4 is 11.7 Å². The first-order chi connectivity index (χ1) is 9.24. The fraction of sp³-hybridized carbons (Fsp3) is 0.385. The Hall–Kier alpha value is -2.10. The highest BCUT2D eigenvalue weighted by atomic mass is 16.5. The second-order valence-electron chi connectivity index (χ2n) is 4.23. The molecular formula is C13H15N3O3. The quantitative estimate of drug-likeness (QED) is 0.824. The molecule has 0 saturated carbocycles. The van der Waals surface area contributed by atoms with E-state index in [2.05, 4.69) is 5.32 Å². The number of carbonyl (C=O) groups is 1. The maximum absolute atomic E-state index is 12.1. The standard InChI is InChI=1S/C13H15N3O3/c14-7-10-2-1-3-11(6-10)15-13(18)16-4-5-19-9-12(16)8-17/h1-3,6,12,17H,4-5,8-9H2,(H,15,18). The monoisotopic (exact) mass is 261 g/mol. The Labute approximate surface area is 111 Å². The molecule has 0 aromatic heterocycles. The van der Waals surface area contributed by atoms with Crippen LogP contribution in [0.25, 0.3) is 0 Å². The first kappa shape index (κ1) is 13.3. The van der Waals surface area contributed by atoms with Crippen LogP contribution in [0.3, 0.4) is 0 Å². The summed E-state index contributed by atoms with van der Waals surface area (Å²) in [5.74, 6) is 0. The Kier molecular flexibility index (Phi) is 4.34. The number of aliphatic hydroxyl groups is 1. The van der Waals surface area contributed by atoms with E-state index in [-0.39, 0.29) is 18.7 Å². The molecule has 6 heteroatoms. The van der Waals surface area contributed by atoms with Crippen molar-refractivity contribution in [3.8, 4) is 6.07 Å². The van der Waals surface area contributed by atoms with Gasteiger partial charge < -0.3 is 20.1 Å². The molecule has 19 heavy (non-hydrogen) atoms. The average Bonchev–Trinajstić information content (AvgIpc) is 2.47. The van der Waals surface area contributed by atoms with Crippen LogP contribution in [0.5, 0.6) is 0 Å². The largest absolute Gasteiger partial charge is 0.394 e. The second-order valence-corrected chi connectivity index (χ2v) is 4.23. The molecule has 6 nitrogen and oxygen atoms in total. The predicted molar refractivity (Wildman–Crippen MR) is 68.6 cm³/mol. The molecule has 1 aliphatic rings. The Morgan fingerprint density at radius 2 is 2.47 bits per heavy atom. The molecule has 2 rings (SSSR count). The van der Waals surface area contributed by atoms with Gasteiger partial charge in [-0.1, -0.05) is 6.07 Å². The van der Waals surface area contributed by atoms with Gasteiger partial charge in [-0.2, -0.15) is 5.26 Å². The number of nitriles is 1. The lowest BCUT2D eigenvalue weighted by atomic mass is 10.2. The Balaban J connectivity index is 2.05. The number of morpholine rings is 1. The van der Waals surface area contributed by atoms with Crippen molar-refractivity contribution in [2.24, 2.45) is 0 Å². The molecular weight excluding hydrogens is 246 g/mol. The number of aliphatic hydroxyl groups excluding tert-OH is 1. The van der Waals surface area contributed by atoms with Gasteiger partial charge in [-0.05, 0) is 18.2 Å². The molecule has 100 valence electrons. The van der Waals surface area contributed by atoms with Crippen molar-refractivity contribution < 1.29 is 14.6 Å². The van der Waals surface area contributed by atoms with E-state index in [1.807, 2.05) is 6.07 Å². The highest BCUT2D eigenvalue weighted by Gasteiger charge is 2.26. The zero-order valence-electron chi connectivity index (χ0n) is 10.4.